The number of hydrogen-bond donors (Lipinski definition) is 12. The Hall–Kier alpha value is 1.39. The fraction of sp³-hybridized carbons (Fsp3) is 1.00. The molecule has 180 valence electrons. The topological polar surface area (TPSA) is 335 Å². The predicted molar refractivity (Wildman–Crippen MR) is 90.8 cm³/mol. The molecule has 0 aromatic rings. The van der Waals surface area contributed by atoms with Crippen LogP contribution in [0, 0.1) is 0 Å². The maximum atomic E-state index is 9.04. The van der Waals surface area contributed by atoms with Gasteiger partial charge in [-0.05, 0) is 0 Å². The minimum Gasteiger partial charge on any atom is -0.759 e. The summed E-state index contributed by atoms with van der Waals surface area (Å²) >= 11 is 0. The van der Waals surface area contributed by atoms with Crippen molar-refractivity contribution in [3.05, 3.63) is 0 Å². The summed E-state index contributed by atoms with van der Waals surface area (Å²) in [5, 5.41) is 88.3. The van der Waals surface area contributed by atoms with E-state index >= 15 is 0 Å². The fourth-order valence-electron chi connectivity index (χ4n) is 1.41. The first-order valence-electron chi connectivity index (χ1n) is 7.81. The van der Waals surface area contributed by atoms with Crippen LogP contribution in [-0.2, 0) is 10.4 Å². The largest absolute Gasteiger partial charge is 1.00 e. The van der Waals surface area contributed by atoms with E-state index in [2.05, 4.69) is 0 Å². The van der Waals surface area contributed by atoms with Crippen molar-refractivity contribution in [3.63, 3.8) is 0 Å². The molecule has 14 N–H and O–H groups in total. The number of rotatable bonds is 10. The Morgan fingerprint density at radius 2 is 0.742 bits per heavy atom. The van der Waals surface area contributed by atoms with Crippen LogP contribution in [0.25, 0.3) is 0 Å². The molecule has 0 aliphatic rings. The summed E-state index contributed by atoms with van der Waals surface area (Å²) in [7, 11) is -5.17. The van der Waals surface area contributed by atoms with Gasteiger partial charge in [0.05, 0.1) is 25.4 Å². The molecule has 0 aromatic carbocycles. The van der Waals surface area contributed by atoms with Crippen LogP contribution in [-0.4, -0.2) is 144 Å². The molecule has 0 aliphatic heterocycles. The van der Waals surface area contributed by atoms with Crippen molar-refractivity contribution < 1.29 is 128 Å². The van der Waals surface area contributed by atoms with Crippen molar-refractivity contribution in [2.75, 3.05) is 26.3 Å². The van der Waals surface area contributed by atoms with Crippen LogP contribution >= 0.6 is 0 Å². The Bertz CT molecular complexity index is 430. The summed E-state index contributed by atoms with van der Waals surface area (Å²) in [6.45, 7) is -1.82. The molecule has 0 saturated carbocycles. The second-order valence-corrected chi connectivity index (χ2v) is 6.29. The van der Waals surface area contributed by atoms with Gasteiger partial charge >= 0.3 is 59.1 Å². The quantitative estimate of drug-likeness (QED) is 0.0745. The third-order valence-electron chi connectivity index (χ3n) is 3.13. The molecule has 0 rings (SSSR count). The molecule has 16 nitrogen and oxygen atoms in total. The maximum absolute atomic E-state index is 9.04. The first-order valence-corrected chi connectivity index (χ1v) is 9.15. The second-order valence-electron chi connectivity index (χ2n) is 5.48. The summed E-state index contributed by atoms with van der Waals surface area (Å²) in [6.07, 6.45) is -11.8. The summed E-state index contributed by atoms with van der Waals surface area (Å²) in [6, 6.07) is 0. The van der Waals surface area contributed by atoms with Gasteiger partial charge in [-0.25, -0.2) is 0 Å². The fourth-order valence-corrected chi connectivity index (χ4v) is 1.41. The van der Waals surface area contributed by atoms with Gasteiger partial charge in [0.2, 0.25) is 0 Å². The van der Waals surface area contributed by atoms with Crippen LogP contribution in [0.3, 0.4) is 0 Å². The number of nitrogens with two attached hydrogens (primary N) is 2. The van der Waals surface area contributed by atoms with Crippen molar-refractivity contribution in [1.82, 2.24) is 0 Å². The third kappa shape index (κ3) is 24.3. The van der Waals surface area contributed by atoms with Gasteiger partial charge in [-0.2, -0.15) is 0 Å². The third-order valence-corrected chi connectivity index (χ3v) is 3.13. The van der Waals surface area contributed by atoms with Crippen LogP contribution in [0.2, 0.25) is 0 Å². The van der Waals surface area contributed by atoms with Gasteiger partial charge in [-0.3, -0.25) is 8.42 Å². The van der Waals surface area contributed by atoms with Gasteiger partial charge in [-0.15, -0.1) is 0 Å². The van der Waals surface area contributed by atoms with Crippen LogP contribution in [0.4, 0.5) is 0 Å². The number of hydrogen-bond acceptors (Lipinski definition) is 16. The average Bonchev–Trinajstić information content (AvgIpc) is 2.67. The zero-order chi connectivity index (χ0) is 23.9. The van der Waals surface area contributed by atoms with Crippen molar-refractivity contribution >= 4 is 10.4 Å². The van der Waals surface area contributed by atoms with E-state index in [1.807, 2.05) is 0 Å². The van der Waals surface area contributed by atoms with E-state index in [1.165, 1.54) is 0 Å². The van der Waals surface area contributed by atoms with Gasteiger partial charge in [0.1, 0.15) is 36.6 Å². The first-order chi connectivity index (χ1) is 13.1. The maximum Gasteiger partial charge on any atom is 1.00 e. The molecule has 0 saturated heterocycles. The summed E-state index contributed by atoms with van der Waals surface area (Å²) < 4.78 is 34.1. The molecular weight excluding hydrogens is 474 g/mol. The molecule has 0 heterocycles. The Labute approximate surface area is 223 Å². The SMILES string of the molecule is NC[C@H](O)[C@@H](O)[C@H](O)[C@H](O)CO.NC[C@H](O)[C@@H](O)[C@H](O)[C@H](O)CO.O=S(=O)([O-])[O-].[Na+].[Na+]. The summed E-state index contributed by atoms with van der Waals surface area (Å²) in [4.78, 5) is 0. The normalized spacial score (nSPS) is 18.5. The van der Waals surface area contributed by atoms with E-state index in [0.29, 0.717) is 0 Å². The first kappa shape index (κ1) is 42.5. The van der Waals surface area contributed by atoms with Crippen molar-refractivity contribution in [2.45, 2.75) is 48.8 Å². The molecule has 8 atom stereocenters. The zero-order valence-corrected chi connectivity index (χ0v) is 21.9. The Kier molecular flexibility index (Phi) is 31.8. The van der Waals surface area contributed by atoms with Gasteiger partial charge in [-0.1, -0.05) is 0 Å². The minimum atomic E-state index is -5.17. The van der Waals surface area contributed by atoms with E-state index in [0.717, 1.165) is 0 Å². The molecule has 0 fully saturated rings. The molecule has 31 heavy (non-hydrogen) atoms. The van der Waals surface area contributed by atoms with E-state index in [-0.39, 0.29) is 72.2 Å². The molecule has 0 aromatic heterocycles. The van der Waals surface area contributed by atoms with Gasteiger partial charge in [0, 0.05) is 23.5 Å². The molecule has 19 heteroatoms. The number of aliphatic hydroxyl groups excluding tert-OH is 10. The Morgan fingerprint density at radius 1 is 0.581 bits per heavy atom. The minimum absolute atomic E-state index is 0. The number of aliphatic hydroxyl groups is 10. The average molecular weight is 504 g/mol. The van der Waals surface area contributed by atoms with E-state index in [9.17, 15) is 0 Å². The summed E-state index contributed by atoms with van der Waals surface area (Å²) in [5.74, 6) is 0. The molecule has 0 spiro atoms. The predicted octanol–water partition coefficient (Wildman–Crippen LogP) is -14.6. The van der Waals surface area contributed by atoms with Crippen molar-refractivity contribution in [3.8, 4) is 0 Å². The van der Waals surface area contributed by atoms with Crippen molar-refractivity contribution in [2.24, 2.45) is 11.5 Å². The van der Waals surface area contributed by atoms with E-state index in [1.54, 1.807) is 0 Å². The Balaban J connectivity index is -0.000000114. The smallest absolute Gasteiger partial charge is 0.759 e. The van der Waals surface area contributed by atoms with Crippen LogP contribution in [0.1, 0.15) is 0 Å². The molecular formula is C12H30N2Na2O14S. The van der Waals surface area contributed by atoms with Crippen molar-refractivity contribution in [1.29, 1.82) is 0 Å². The second kappa shape index (κ2) is 23.1. The van der Waals surface area contributed by atoms with Gasteiger partial charge in [0.25, 0.3) is 0 Å². The molecule has 0 unspecified atom stereocenters. The molecule has 0 radical (unpaired) electrons. The standard InChI is InChI=1S/2C6H15NO5.2Na.H2O4S/c2*7-1-3(9)5(11)6(12)4(10)2-8;;;1-5(2,3)4/h2*3-6,8-12H,1-2,7H2;;;(H2,1,2,3,4)/q;;2*+1;/p-2/t2*3-,4+,5+,6+;;;/m00.../s1. The monoisotopic (exact) mass is 504 g/mol. The molecule has 0 bridgehead atoms. The van der Waals surface area contributed by atoms with Gasteiger partial charge in [0.15, 0.2) is 0 Å². The van der Waals surface area contributed by atoms with Crippen LogP contribution in [0.15, 0.2) is 0 Å². The summed E-state index contributed by atoms with van der Waals surface area (Å²) in [5.41, 5.74) is 9.97. The van der Waals surface area contributed by atoms with Crippen LogP contribution in [0.5, 0.6) is 0 Å². The zero-order valence-electron chi connectivity index (χ0n) is 17.1. The van der Waals surface area contributed by atoms with E-state index < -0.39 is 72.4 Å². The molecule has 0 amide bonds. The Morgan fingerprint density at radius 3 is 0.871 bits per heavy atom. The van der Waals surface area contributed by atoms with Gasteiger partial charge < -0.3 is 71.6 Å². The molecule has 0 aliphatic carbocycles. The van der Waals surface area contributed by atoms with E-state index in [4.69, 9.17) is 80.1 Å². The van der Waals surface area contributed by atoms with Crippen LogP contribution < -0.4 is 70.6 Å².